The van der Waals surface area contributed by atoms with E-state index in [-0.39, 0.29) is 0 Å². The summed E-state index contributed by atoms with van der Waals surface area (Å²) in [5, 5.41) is 3.56. The van der Waals surface area contributed by atoms with Gasteiger partial charge in [0, 0.05) is 43.5 Å². The lowest BCUT2D eigenvalue weighted by atomic mass is 10.0. The summed E-state index contributed by atoms with van der Waals surface area (Å²) in [6.45, 7) is 2.75. The summed E-state index contributed by atoms with van der Waals surface area (Å²) in [5.41, 5.74) is 1.23. The van der Waals surface area contributed by atoms with Crippen molar-refractivity contribution in [1.29, 1.82) is 0 Å². The van der Waals surface area contributed by atoms with Gasteiger partial charge in [-0.1, -0.05) is 0 Å². The van der Waals surface area contributed by atoms with Gasteiger partial charge in [-0.2, -0.15) is 0 Å². The van der Waals surface area contributed by atoms with Crippen molar-refractivity contribution in [2.75, 3.05) is 13.1 Å². The molecule has 1 amide bonds. The van der Waals surface area contributed by atoms with E-state index in [1.54, 1.807) is 0 Å². The maximum absolute atomic E-state index is 11.9. The number of hydrogen-bond acceptors (Lipinski definition) is 2. The number of aromatic nitrogens is 1. The lowest BCUT2D eigenvalue weighted by Crippen LogP contribution is -2.45. The second-order valence-corrected chi connectivity index (χ2v) is 5.45. The predicted molar refractivity (Wildman–Crippen MR) is 70.0 cm³/mol. The third kappa shape index (κ3) is 2.75. The van der Waals surface area contributed by atoms with Gasteiger partial charge in [-0.15, -0.1) is 0 Å². The van der Waals surface area contributed by atoms with E-state index in [0.717, 1.165) is 45.3 Å². The van der Waals surface area contributed by atoms with E-state index in [9.17, 15) is 4.79 Å². The van der Waals surface area contributed by atoms with Gasteiger partial charge in [0.2, 0.25) is 5.91 Å². The third-order valence-corrected chi connectivity index (χ3v) is 3.98. The van der Waals surface area contributed by atoms with Gasteiger partial charge in [0.1, 0.15) is 0 Å². The van der Waals surface area contributed by atoms with E-state index < -0.39 is 0 Å². The number of nitrogens with one attached hydrogen (secondary N) is 2. The van der Waals surface area contributed by atoms with Crippen LogP contribution in [0, 0.1) is 5.92 Å². The normalized spacial score (nSPS) is 21.2. The number of carbonyl (C=O) groups excluding carboxylic acids is 1. The molecule has 0 atom stereocenters. The molecule has 2 heterocycles. The fraction of sp³-hybridized carbons (Fsp3) is 0.643. The fourth-order valence-corrected chi connectivity index (χ4v) is 2.62. The van der Waals surface area contributed by atoms with Crippen molar-refractivity contribution in [3.05, 3.63) is 24.0 Å². The Hall–Kier alpha value is -1.29. The van der Waals surface area contributed by atoms with E-state index in [1.807, 2.05) is 12.3 Å². The molecular weight excluding hydrogens is 226 g/mol. The highest BCUT2D eigenvalue weighted by Gasteiger charge is 2.34. The molecule has 18 heavy (non-hydrogen) atoms. The quantitative estimate of drug-likeness (QED) is 0.847. The first kappa shape index (κ1) is 11.8. The van der Waals surface area contributed by atoms with E-state index in [2.05, 4.69) is 21.3 Å². The molecule has 2 N–H and O–H groups in total. The number of likely N-dealkylation sites (tertiary alicyclic amines) is 1. The van der Waals surface area contributed by atoms with Crippen molar-refractivity contribution in [3.63, 3.8) is 0 Å². The standard InChI is InChI=1S/C14H21N3O/c18-14(11-3-4-11)17-8-5-12(6-9-17)16-10-13-2-1-7-15-13/h1-2,7,11-12,15-16H,3-6,8-10H2. The molecule has 0 aromatic carbocycles. The Morgan fingerprint density at radius 1 is 1.33 bits per heavy atom. The largest absolute Gasteiger partial charge is 0.364 e. The molecule has 1 saturated carbocycles. The maximum atomic E-state index is 11.9. The molecule has 4 nitrogen and oxygen atoms in total. The molecule has 0 unspecified atom stereocenters. The molecular formula is C14H21N3O. The minimum atomic E-state index is 0.369. The van der Waals surface area contributed by atoms with Gasteiger partial charge in [0.05, 0.1) is 0 Å². The zero-order valence-electron chi connectivity index (χ0n) is 10.7. The van der Waals surface area contributed by atoms with Crippen molar-refractivity contribution >= 4 is 5.91 Å². The highest BCUT2D eigenvalue weighted by Crippen LogP contribution is 2.31. The maximum Gasteiger partial charge on any atom is 0.225 e. The molecule has 1 aliphatic heterocycles. The third-order valence-electron chi connectivity index (χ3n) is 3.98. The number of H-pyrrole nitrogens is 1. The summed E-state index contributed by atoms with van der Waals surface area (Å²) in [7, 11) is 0. The monoisotopic (exact) mass is 247 g/mol. The van der Waals surface area contributed by atoms with Gasteiger partial charge >= 0.3 is 0 Å². The van der Waals surface area contributed by atoms with Gasteiger partial charge in [0.25, 0.3) is 0 Å². The lowest BCUT2D eigenvalue weighted by Gasteiger charge is -2.32. The van der Waals surface area contributed by atoms with Gasteiger partial charge in [-0.25, -0.2) is 0 Å². The summed E-state index contributed by atoms with van der Waals surface area (Å²) < 4.78 is 0. The minimum Gasteiger partial charge on any atom is -0.364 e. The number of amides is 1. The summed E-state index contributed by atoms with van der Waals surface area (Å²) in [6.07, 6.45) is 6.35. The molecule has 0 bridgehead atoms. The molecule has 2 fully saturated rings. The molecule has 2 aliphatic rings. The minimum absolute atomic E-state index is 0.369. The van der Waals surface area contributed by atoms with Crippen molar-refractivity contribution in [3.8, 4) is 0 Å². The van der Waals surface area contributed by atoms with Crippen LogP contribution in [0.4, 0.5) is 0 Å². The first-order chi connectivity index (χ1) is 8.83. The average molecular weight is 247 g/mol. The van der Waals surface area contributed by atoms with Gasteiger partial charge < -0.3 is 15.2 Å². The van der Waals surface area contributed by atoms with Crippen LogP contribution in [0.15, 0.2) is 18.3 Å². The highest BCUT2D eigenvalue weighted by molar-refractivity contribution is 5.81. The summed E-state index contributed by atoms with van der Waals surface area (Å²) in [6, 6.07) is 4.67. The fourth-order valence-electron chi connectivity index (χ4n) is 2.62. The summed E-state index contributed by atoms with van der Waals surface area (Å²) in [4.78, 5) is 17.2. The number of hydrogen-bond donors (Lipinski definition) is 2. The number of carbonyl (C=O) groups is 1. The Kier molecular flexibility index (Phi) is 3.37. The van der Waals surface area contributed by atoms with E-state index in [4.69, 9.17) is 0 Å². The van der Waals surface area contributed by atoms with Crippen molar-refractivity contribution in [2.24, 2.45) is 5.92 Å². The molecule has 0 radical (unpaired) electrons. The van der Waals surface area contributed by atoms with Crippen LogP contribution < -0.4 is 5.32 Å². The second-order valence-electron chi connectivity index (χ2n) is 5.45. The Morgan fingerprint density at radius 3 is 2.72 bits per heavy atom. The molecule has 98 valence electrons. The number of piperidine rings is 1. The second kappa shape index (κ2) is 5.14. The Bertz CT molecular complexity index is 389. The Balaban J connectivity index is 1.41. The highest BCUT2D eigenvalue weighted by atomic mass is 16.2. The lowest BCUT2D eigenvalue weighted by molar-refractivity contribution is -0.133. The molecule has 1 aromatic rings. The van der Waals surface area contributed by atoms with Crippen LogP contribution in [0.25, 0.3) is 0 Å². The van der Waals surface area contributed by atoms with Gasteiger partial charge in [0.15, 0.2) is 0 Å². The van der Waals surface area contributed by atoms with E-state index >= 15 is 0 Å². The van der Waals surface area contributed by atoms with Crippen LogP contribution >= 0.6 is 0 Å². The molecule has 3 rings (SSSR count). The number of rotatable bonds is 4. The smallest absolute Gasteiger partial charge is 0.225 e. The van der Waals surface area contributed by atoms with Crippen molar-refractivity contribution in [1.82, 2.24) is 15.2 Å². The molecule has 1 saturated heterocycles. The molecule has 4 heteroatoms. The van der Waals surface area contributed by atoms with Crippen LogP contribution in [-0.2, 0) is 11.3 Å². The number of aromatic amines is 1. The zero-order chi connectivity index (χ0) is 12.4. The predicted octanol–water partition coefficient (Wildman–Crippen LogP) is 1.51. The van der Waals surface area contributed by atoms with Gasteiger partial charge in [-0.3, -0.25) is 4.79 Å². The molecule has 1 aliphatic carbocycles. The Morgan fingerprint density at radius 2 is 2.11 bits per heavy atom. The molecule has 1 aromatic heterocycles. The van der Waals surface area contributed by atoms with Crippen molar-refractivity contribution in [2.45, 2.75) is 38.3 Å². The summed E-state index contributed by atoms with van der Waals surface area (Å²) in [5.74, 6) is 0.770. The zero-order valence-corrected chi connectivity index (χ0v) is 10.7. The van der Waals surface area contributed by atoms with E-state index in [0.29, 0.717) is 17.9 Å². The molecule has 0 spiro atoms. The van der Waals surface area contributed by atoms with Gasteiger partial charge in [-0.05, 0) is 37.8 Å². The van der Waals surface area contributed by atoms with Crippen molar-refractivity contribution < 1.29 is 4.79 Å². The van der Waals surface area contributed by atoms with Crippen LogP contribution in [0.1, 0.15) is 31.4 Å². The Labute approximate surface area is 108 Å². The average Bonchev–Trinajstić information content (AvgIpc) is 3.13. The van der Waals surface area contributed by atoms with Crippen LogP contribution in [0.3, 0.4) is 0 Å². The van der Waals surface area contributed by atoms with Crippen LogP contribution in [0.5, 0.6) is 0 Å². The SMILES string of the molecule is O=C(C1CC1)N1CCC(NCc2ccc[nH]2)CC1. The van der Waals surface area contributed by atoms with Crippen LogP contribution in [-0.4, -0.2) is 34.9 Å². The first-order valence-electron chi connectivity index (χ1n) is 6.97. The first-order valence-corrected chi connectivity index (χ1v) is 6.97. The van der Waals surface area contributed by atoms with Crippen LogP contribution in [0.2, 0.25) is 0 Å². The topological polar surface area (TPSA) is 48.1 Å². The summed E-state index contributed by atoms with van der Waals surface area (Å²) >= 11 is 0. The van der Waals surface area contributed by atoms with E-state index in [1.165, 1.54) is 5.69 Å². The number of nitrogens with zero attached hydrogens (tertiary/aromatic N) is 1.